The Labute approximate surface area is 79.5 Å². The zero-order valence-electron chi connectivity index (χ0n) is 7.74. The topological polar surface area (TPSA) is 55.8 Å². The van der Waals surface area contributed by atoms with Gasteiger partial charge in [0.1, 0.15) is 0 Å². The Hall–Kier alpha value is -0.100. The van der Waals surface area contributed by atoms with E-state index < -0.39 is 19.6 Å². The van der Waals surface area contributed by atoms with Crippen molar-refractivity contribution in [3.8, 4) is 0 Å². The first kappa shape index (κ1) is 13.9. The van der Waals surface area contributed by atoms with Crippen LogP contribution < -0.4 is 0 Å². The molecule has 0 aliphatic carbocycles. The van der Waals surface area contributed by atoms with Gasteiger partial charge in [0, 0.05) is 0 Å². The van der Waals surface area contributed by atoms with Crippen LogP contribution in [0.25, 0.3) is 0 Å². The van der Waals surface area contributed by atoms with Gasteiger partial charge in [-0.25, -0.2) is 0 Å². The Morgan fingerprint density at radius 3 is 1.86 bits per heavy atom. The van der Waals surface area contributed by atoms with E-state index in [-0.39, 0.29) is 13.2 Å². The van der Waals surface area contributed by atoms with Crippen molar-refractivity contribution in [3.05, 3.63) is 0 Å². The molecule has 1 N–H and O–H groups in total. The molecule has 0 spiro atoms. The van der Waals surface area contributed by atoms with E-state index >= 15 is 0 Å². The lowest BCUT2D eigenvalue weighted by Crippen LogP contribution is -2.30. The number of aliphatic hydroxyl groups is 1. The standard InChI is InChI=1S/C6H12F3O4P/c1-3-12-14(11,13-4-2)5(10)6(7,8)9/h5,10H,3-4H2,1-2H3. The van der Waals surface area contributed by atoms with Crippen LogP contribution in [0.3, 0.4) is 0 Å². The van der Waals surface area contributed by atoms with Crippen LogP contribution in [0.4, 0.5) is 13.2 Å². The lowest BCUT2D eigenvalue weighted by Gasteiger charge is -2.23. The molecule has 1 atom stereocenters. The quantitative estimate of drug-likeness (QED) is 0.743. The maximum Gasteiger partial charge on any atom is 0.426 e. The Balaban J connectivity index is 4.73. The van der Waals surface area contributed by atoms with E-state index in [2.05, 4.69) is 9.05 Å². The summed E-state index contributed by atoms with van der Waals surface area (Å²) in [4.78, 5) is 0. The first-order valence-electron chi connectivity index (χ1n) is 3.91. The third-order valence-electron chi connectivity index (χ3n) is 1.21. The van der Waals surface area contributed by atoms with Gasteiger partial charge in [-0.15, -0.1) is 0 Å². The highest BCUT2D eigenvalue weighted by molar-refractivity contribution is 7.54. The van der Waals surface area contributed by atoms with Gasteiger partial charge in [0.25, 0.3) is 5.85 Å². The summed E-state index contributed by atoms with van der Waals surface area (Å²) >= 11 is 0. The van der Waals surface area contributed by atoms with Gasteiger partial charge in [-0.1, -0.05) is 0 Å². The molecule has 0 aromatic rings. The molecule has 0 radical (unpaired) electrons. The zero-order valence-corrected chi connectivity index (χ0v) is 8.64. The Kier molecular flexibility index (Phi) is 5.08. The van der Waals surface area contributed by atoms with Crippen molar-refractivity contribution in [2.45, 2.75) is 25.9 Å². The molecule has 0 rings (SSSR count). The van der Waals surface area contributed by atoms with Crippen LogP contribution in [0.5, 0.6) is 0 Å². The normalized spacial score (nSPS) is 15.6. The predicted molar refractivity (Wildman–Crippen MR) is 42.9 cm³/mol. The summed E-state index contributed by atoms with van der Waals surface area (Å²) in [5.41, 5.74) is 0. The van der Waals surface area contributed by atoms with Crippen LogP contribution in [0, 0.1) is 0 Å². The highest BCUT2D eigenvalue weighted by Crippen LogP contribution is 2.56. The van der Waals surface area contributed by atoms with Crippen molar-refractivity contribution in [1.29, 1.82) is 0 Å². The lowest BCUT2D eigenvalue weighted by molar-refractivity contribution is -0.182. The Bertz CT molecular complexity index is 208. The van der Waals surface area contributed by atoms with E-state index in [1.54, 1.807) is 0 Å². The zero-order chi connectivity index (χ0) is 11.4. The fourth-order valence-corrected chi connectivity index (χ4v) is 2.15. The van der Waals surface area contributed by atoms with Crippen molar-refractivity contribution in [2.24, 2.45) is 0 Å². The van der Waals surface area contributed by atoms with Crippen LogP contribution in [0.1, 0.15) is 13.8 Å². The third-order valence-corrected chi connectivity index (χ3v) is 3.34. The van der Waals surface area contributed by atoms with E-state index in [0.29, 0.717) is 0 Å². The van der Waals surface area contributed by atoms with Crippen molar-refractivity contribution >= 4 is 7.60 Å². The van der Waals surface area contributed by atoms with Crippen LogP contribution in [-0.4, -0.2) is 30.3 Å². The minimum absolute atomic E-state index is 0.232. The number of hydrogen-bond acceptors (Lipinski definition) is 4. The number of hydrogen-bond donors (Lipinski definition) is 1. The molecule has 0 aliphatic rings. The fraction of sp³-hybridized carbons (Fsp3) is 1.00. The second-order valence-electron chi connectivity index (χ2n) is 2.29. The summed E-state index contributed by atoms with van der Waals surface area (Å²) < 4.78 is 56.0. The Morgan fingerprint density at radius 2 is 1.64 bits per heavy atom. The van der Waals surface area contributed by atoms with Gasteiger partial charge in [0.05, 0.1) is 13.2 Å². The van der Waals surface area contributed by atoms with E-state index in [4.69, 9.17) is 5.11 Å². The van der Waals surface area contributed by atoms with E-state index in [1.165, 1.54) is 13.8 Å². The smallest absolute Gasteiger partial charge is 0.373 e. The largest absolute Gasteiger partial charge is 0.426 e. The SMILES string of the molecule is CCOP(=O)(OCC)C(O)C(F)(F)F. The summed E-state index contributed by atoms with van der Waals surface area (Å²) in [6.45, 7) is 2.25. The molecule has 0 bridgehead atoms. The number of aliphatic hydroxyl groups excluding tert-OH is 1. The average Bonchev–Trinajstić information content (AvgIpc) is 2.02. The fourth-order valence-electron chi connectivity index (χ4n) is 0.718. The molecule has 0 aliphatic heterocycles. The maximum absolute atomic E-state index is 12.0. The second kappa shape index (κ2) is 5.11. The summed E-state index contributed by atoms with van der Waals surface area (Å²) in [7, 11) is -4.50. The maximum atomic E-state index is 12.0. The molecule has 4 nitrogen and oxygen atoms in total. The van der Waals surface area contributed by atoms with Crippen molar-refractivity contribution in [2.75, 3.05) is 13.2 Å². The minimum atomic E-state index is -5.01. The van der Waals surface area contributed by atoms with Gasteiger partial charge < -0.3 is 14.2 Å². The molecule has 0 aromatic heterocycles. The Morgan fingerprint density at radius 1 is 1.29 bits per heavy atom. The third kappa shape index (κ3) is 3.57. The molecule has 8 heteroatoms. The van der Waals surface area contributed by atoms with Crippen LogP contribution in [-0.2, 0) is 13.6 Å². The van der Waals surface area contributed by atoms with E-state index in [9.17, 15) is 17.7 Å². The molecule has 0 saturated carbocycles. The van der Waals surface area contributed by atoms with Crippen molar-refractivity contribution in [1.82, 2.24) is 0 Å². The van der Waals surface area contributed by atoms with Gasteiger partial charge >= 0.3 is 13.8 Å². The molecular weight excluding hydrogens is 224 g/mol. The van der Waals surface area contributed by atoms with Gasteiger partial charge in [-0.05, 0) is 13.8 Å². The van der Waals surface area contributed by atoms with Crippen molar-refractivity contribution < 1.29 is 31.9 Å². The molecular formula is C6H12F3O4P. The number of halogens is 3. The summed E-state index contributed by atoms with van der Waals surface area (Å²) in [6, 6.07) is 0. The summed E-state index contributed by atoms with van der Waals surface area (Å²) in [5, 5.41) is 8.73. The molecule has 0 aromatic carbocycles. The highest BCUT2D eigenvalue weighted by Gasteiger charge is 2.52. The van der Waals surface area contributed by atoms with Crippen molar-refractivity contribution in [3.63, 3.8) is 0 Å². The van der Waals surface area contributed by atoms with Gasteiger partial charge in [-0.3, -0.25) is 4.57 Å². The first-order chi connectivity index (χ1) is 6.28. The molecule has 0 amide bonds. The number of alkyl halides is 3. The summed E-state index contributed by atoms with van der Waals surface area (Å²) in [6.07, 6.45) is -5.01. The van der Waals surface area contributed by atoms with Crippen LogP contribution in [0.2, 0.25) is 0 Å². The predicted octanol–water partition coefficient (Wildman–Crippen LogP) is 2.13. The molecule has 0 saturated heterocycles. The van der Waals surface area contributed by atoms with Gasteiger partial charge in [0.2, 0.25) is 0 Å². The van der Waals surface area contributed by atoms with Crippen LogP contribution in [0.15, 0.2) is 0 Å². The monoisotopic (exact) mass is 236 g/mol. The first-order valence-corrected chi connectivity index (χ1v) is 5.52. The minimum Gasteiger partial charge on any atom is -0.373 e. The average molecular weight is 236 g/mol. The summed E-state index contributed by atoms with van der Waals surface area (Å²) in [5.74, 6) is -3.09. The number of rotatable bonds is 5. The van der Waals surface area contributed by atoms with Gasteiger partial charge in [0.15, 0.2) is 0 Å². The van der Waals surface area contributed by atoms with Crippen LogP contribution >= 0.6 is 7.60 Å². The molecule has 1 unspecified atom stereocenters. The molecule has 0 fully saturated rings. The molecule has 86 valence electrons. The molecule has 14 heavy (non-hydrogen) atoms. The van der Waals surface area contributed by atoms with E-state index in [1.807, 2.05) is 0 Å². The lowest BCUT2D eigenvalue weighted by atomic mass is 10.7. The second-order valence-corrected chi connectivity index (χ2v) is 4.38. The molecule has 0 heterocycles. The van der Waals surface area contributed by atoms with E-state index in [0.717, 1.165) is 0 Å². The van der Waals surface area contributed by atoms with Gasteiger partial charge in [-0.2, -0.15) is 13.2 Å². The highest BCUT2D eigenvalue weighted by atomic mass is 31.2.